The SMILES string of the molecule is CCCCC(Cc1cc(C)on1)(c1cccc(OC(F)(F)F)c1)c1cccc(OC(F)(F)F)c1. The number of ether oxygens (including phenoxy) is 2. The van der Waals surface area contributed by atoms with Crippen LogP contribution in [-0.2, 0) is 11.8 Å². The molecule has 1 heterocycles. The van der Waals surface area contributed by atoms with Crippen LogP contribution in [0.2, 0.25) is 0 Å². The molecule has 0 aliphatic rings. The summed E-state index contributed by atoms with van der Waals surface area (Å²) in [7, 11) is 0. The first-order chi connectivity index (χ1) is 15.9. The molecular formula is C24H23F6NO3. The lowest BCUT2D eigenvalue weighted by Crippen LogP contribution is -2.31. The molecule has 10 heteroatoms. The van der Waals surface area contributed by atoms with Gasteiger partial charge in [-0.2, -0.15) is 0 Å². The van der Waals surface area contributed by atoms with E-state index in [1.165, 1.54) is 36.4 Å². The summed E-state index contributed by atoms with van der Waals surface area (Å²) in [6.07, 6.45) is -7.80. The van der Waals surface area contributed by atoms with Gasteiger partial charge >= 0.3 is 12.7 Å². The number of hydrogen-bond donors (Lipinski definition) is 0. The molecule has 0 aliphatic heterocycles. The fraction of sp³-hybridized carbons (Fsp3) is 0.375. The van der Waals surface area contributed by atoms with Gasteiger partial charge in [0.05, 0.1) is 5.69 Å². The molecule has 0 spiro atoms. The minimum Gasteiger partial charge on any atom is -0.406 e. The zero-order chi connectivity index (χ0) is 25.0. The maximum Gasteiger partial charge on any atom is 0.573 e. The van der Waals surface area contributed by atoms with Gasteiger partial charge in [-0.05, 0) is 48.7 Å². The second-order valence-electron chi connectivity index (χ2n) is 7.94. The third kappa shape index (κ3) is 6.68. The number of nitrogens with zero attached hydrogens (tertiary/aromatic N) is 1. The molecule has 0 fully saturated rings. The molecule has 0 radical (unpaired) electrons. The molecule has 0 amide bonds. The van der Waals surface area contributed by atoms with E-state index in [4.69, 9.17) is 4.52 Å². The molecule has 4 nitrogen and oxygen atoms in total. The smallest absolute Gasteiger partial charge is 0.406 e. The van der Waals surface area contributed by atoms with Gasteiger partial charge in [0.2, 0.25) is 0 Å². The summed E-state index contributed by atoms with van der Waals surface area (Å²) in [5.74, 6) is -0.322. The summed E-state index contributed by atoms with van der Waals surface area (Å²) in [4.78, 5) is 0. The van der Waals surface area contributed by atoms with Crippen molar-refractivity contribution in [2.24, 2.45) is 0 Å². The Bertz CT molecular complexity index is 1030. The predicted octanol–water partition coefficient (Wildman–Crippen LogP) is 7.50. The fourth-order valence-electron chi connectivity index (χ4n) is 4.02. The average molecular weight is 487 g/mol. The van der Waals surface area contributed by atoms with Gasteiger partial charge in [0.25, 0.3) is 0 Å². The Balaban J connectivity index is 2.19. The van der Waals surface area contributed by atoms with Crippen molar-refractivity contribution in [3.05, 3.63) is 77.2 Å². The maximum absolute atomic E-state index is 12.9. The monoisotopic (exact) mass is 487 g/mol. The lowest BCUT2D eigenvalue weighted by Gasteiger charge is -2.35. The number of halogens is 6. The molecule has 1 aromatic heterocycles. The van der Waals surface area contributed by atoms with Crippen molar-refractivity contribution in [2.75, 3.05) is 0 Å². The highest BCUT2D eigenvalue weighted by Gasteiger charge is 2.38. The topological polar surface area (TPSA) is 44.5 Å². The van der Waals surface area contributed by atoms with Crippen LogP contribution in [-0.4, -0.2) is 17.9 Å². The van der Waals surface area contributed by atoms with E-state index in [1.807, 2.05) is 6.92 Å². The molecular weight excluding hydrogens is 464 g/mol. The average Bonchev–Trinajstić information content (AvgIpc) is 3.13. The maximum atomic E-state index is 12.9. The number of unbranched alkanes of at least 4 members (excludes halogenated alkanes) is 1. The Kier molecular flexibility index (Phi) is 7.48. The molecule has 3 rings (SSSR count). The van der Waals surface area contributed by atoms with Crippen molar-refractivity contribution in [3.63, 3.8) is 0 Å². The Morgan fingerprint density at radius 3 is 1.76 bits per heavy atom. The minimum absolute atomic E-state index is 0.176. The van der Waals surface area contributed by atoms with Gasteiger partial charge in [-0.1, -0.05) is 49.2 Å². The molecule has 184 valence electrons. The van der Waals surface area contributed by atoms with Crippen LogP contribution in [0.4, 0.5) is 26.3 Å². The highest BCUT2D eigenvalue weighted by Crippen LogP contribution is 2.43. The molecule has 0 saturated heterocycles. The summed E-state index contributed by atoms with van der Waals surface area (Å²) in [6.45, 7) is 3.64. The molecule has 0 bridgehead atoms. The largest absolute Gasteiger partial charge is 0.573 e. The zero-order valence-electron chi connectivity index (χ0n) is 18.5. The summed E-state index contributed by atoms with van der Waals surface area (Å²) >= 11 is 0. The number of aryl methyl sites for hydroxylation is 1. The number of hydrogen-bond acceptors (Lipinski definition) is 4. The van der Waals surface area contributed by atoms with E-state index in [2.05, 4.69) is 14.6 Å². The lowest BCUT2D eigenvalue weighted by molar-refractivity contribution is -0.275. The Morgan fingerprint density at radius 2 is 1.35 bits per heavy atom. The van der Waals surface area contributed by atoms with Gasteiger partial charge in [0.1, 0.15) is 17.3 Å². The normalized spacial score (nSPS) is 12.6. The van der Waals surface area contributed by atoms with E-state index < -0.39 is 29.6 Å². The van der Waals surface area contributed by atoms with Crippen molar-refractivity contribution in [3.8, 4) is 11.5 Å². The Hall–Kier alpha value is -3.17. The van der Waals surface area contributed by atoms with E-state index in [9.17, 15) is 26.3 Å². The molecule has 0 N–H and O–H groups in total. The molecule has 0 unspecified atom stereocenters. The van der Waals surface area contributed by atoms with E-state index >= 15 is 0 Å². The highest BCUT2D eigenvalue weighted by molar-refractivity contribution is 5.46. The first kappa shape index (κ1) is 25.5. The first-order valence-electron chi connectivity index (χ1n) is 10.5. The fourth-order valence-corrected chi connectivity index (χ4v) is 4.02. The second-order valence-corrected chi connectivity index (χ2v) is 7.94. The Labute approximate surface area is 192 Å². The van der Waals surface area contributed by atoms with Crippen LogP contribution in [0, 0.1) is 6.92 Å². The highest BCUT2D eigenvalue weighted by atomic mass is 19.4. The van der Waals surface area contributed by atoms with Crippen LogP contribution < -0.4 is 9.47 Å². The van der Waals surface area contributed by atoms with Gasteiger partial charge in [-0.15, -0.1) is 26.3 Å². The van der Waals surface area contributed by atoms with Crippen molar-refractivity contribution in [1.29, 1.82) is 0 Å². The quantitative estimate of drug-likeness (QED) is 0.293. The van der Waals surface area contributed by atoms with E-state index in [0.717, 1.165) is 6.42 Å². The van der Waals surface area contributed by atoms with Gasteiger partial charge in [-0.3, -0.25) is 0 Å². The number of rotatable bonds is 9. The van der Waals surface area contributed by atoms with E-state index in [0.29, 0.717) is 35.4 Å². The molecule has 0 atom stereocenters. The van der Waals surface area contributed by atoms with Crippen molar-refractivity contribution < 1.29 is 40.3 Å². The molecule has 2 aromatic carbocycles. The Morgan fingerprint density at radius 1 is 0.824 bits per heavy atom. The predicted molar refractivity (Wildman–Crippen MR) is 111 cm³/mol. The summed E-state index contributed by atoms with van der Waals surface area (Å²) in [5.41, 5.74) is 0.354. The lowest BCUT2D eigenvalue weighted by atomic mass is 9.68. The summed E-state index contributed by atoms with van der Waals surface area (Å²) < 4.78 is 90.7. The van der Waals surface area contributed by atoms with Crippen molar-refractivity contribution in [1.82, 2.24) is 5.16 Å². The van der Waals surface area contributed by atoms with E-state index in [-0.39, 0.29) is 6.42 Å². The standard InChI is InChI=1S/C24H23F6NO3/c1-3-4-11-22(15-19-12-16(2)34-31-19,17-7-5-9-20(13-17)32-23(25,26)27)18-8-6-10-21(14-18)33-24(28,29)30/h5-10,12-14H,3-4,11,15H2,1-2H3. The third-order valence-electron chi connectivity index (χ3n) is 5.36. The van der Waals surface area contributed by atoms with Gasteiger partial charge in [-0.25, -0.2) is 0 Å². The van der Waals surface area contributed by atoms with Crippen LogP contribution in [0.15, 0.2) is 59.1 Å². The molecule has 0 saturated carbocycles. The van der Waals surface area contributed by atoms with Gasteiger partial charge < -0.3 is 14.0 Å². The summed E-state index contributed by atoms with van der Waals surface area (Å²) in [5, 5.41) is 4.03. The van der Waals surface area contributed by atoms with Gasteiger partial charge in [0, 0.05) is 17.9 Å². The minimum atomic E-state index is -4.89. The van der Waals surface area contributed by atoms with Crippen molar-refractivity contribution >= 4 is 0 Å². The van der Waals surface area contributed by atoms with Gasteiger partial charge in [0.15, 0.2) is 0 Å². The number of aromatic nitrogens is 1. The van der Waals surface area contributed by atoms with Crippen LogP contribution in [0.5, 0.6) is 11.5 Å². The number of benzene rings is 2. The molecule has 34 heavy (non-hydrogen) atoms. The van der Waals surface area contributed by atoms with Crippen LogP contribution in [0.1, 0.15) is 48.8 Å². The summed E-state index contributed by atoms with van der Waals surface area (Å²) in [6, 6.07) is 12.6. The number of alkyl halides is 6. The van der Waals surface area contributed by atoms with Crippen LogP contribution in [0.25, 0.3) is 0 Å². The van der Waals surface area contributed by atoms with E-state index in [1.54, 1.807) is 25.1 Å². The van der Waals surface area contributed by atoms with Crippen LogP contribution in [0.3, 0.4) is 0 Å². The molecule has 3 aromatic rings. The first-order valence-corrected chi connectivity index (χ1v) is 10.5. The second kappa shape index (κ2) is 9.99. The third-order valence-corrected chi connectivity index (χ3v) is 5.36. The van der Waals surface area contributed by atoms with Crippen molar-refractivity contribution in [2.45, 2.75) is 57.7 Å². The molecule has 0 aliphatic carbocycles. The zero-order valence-corrected chi connectivity index (χ0v) is 18.5. The van der Waals surface area contributed by atoms with Crippen LogP contribution >= 0.6 is 0 Å².